The van der Waals surface area contributed by atoms with E-state index in [1.807, 2.05) is 24.3 Å². The van der Waals surface area contributed by atoms with Gasteiger partial charge in [0.1, 0.15) is 11.9 Å². The lowest BCUT2D eigenvalue weighted by Crippen LogP contribution is -2.31. The third kappa shape index (κ3) is 4.59. The molecule has 29 heavy (non-hydrogen) atoms. The fraction of sp³-hybridized carbons (Fsp3) is 0.250. The third-order valence-electron chi connectivity index (χ3n) is 5.31. The summed E-state index contributed by atoms with van der Waals surface area (Å²) in [6.45, 7) is 3.31. The Hall–Kier alpha value is -2.87. The second-order valence-corrected chi connectivity index (χ2v) is 7.68. The molecule has 4 rings (SSSR count). The fourth-order valence-electron chi connectivity index (χ4n) is 3.82. The van der Waals surface area contributed by atoms with Gasteiger partial charge in [-0.15, -0.1) is 0 Å². The van der Waals surface area contributed by atoms with Gasteiger partial charge in [0.15, 0.2) is 5.69 Å². The molecule has 1 aliphatic rings. The standard InChI is InChI=1S/C24H23ClN4/c25-23-21-17-29(16-19-9-5-2-6-10-19)14-12-20(21)24(28-22(23)15-26)27-13-11-18-7-3-1-4-8-18/h1-10H,11-14,16-17H2,(H,27,28). The van der Waals surface area contributed by atoms with Crippen LogP contribution in [0.4, 0.5) is 5.82 Å². The highest BCUT2D eigenvalue weighted by Gasteiger charge is 2.25. The molecular formula is C24H23ClN4. The van der Waals surface area contributed by atoms with Crippen molar-refractivity contribution in [2.75, 3.05) is 18.4 Å². The van der Waals surface area contributed by atoms with E-state index >= 15 is 0 Å². The average Bonchev–Trinajstić information content (AvgIpc) is 2.77. The van der Waals surface area contributed by atoms with Crippen molar-refractivity contribution in [3.63, 3.8) is 0 Å². The summed E-state index contributed by atoms with van der Waals surface area (Å²) in [6.07, 6.45) is 1.77. The lowest BCUT2D eigenvalue weighted by Gasteiger charge is -2.30. The minimum atomic E-state index is 0.300. The number of hydrogen-bond acceptors (Lipinski definition) is 4. The zero-order valence-electron chi connectivity index (χ0n) is 16.2. The SMILES string of the molecule is N#Cc1nc(NCCc2ccccc2)c2c(c1Cl)CN(Cc1ccccc1)CC2. The summed E-state index contributed by atoms with van der Waals surface area (Å²) in [6, 6.07) is 23.0. The minimum absolute atomic E-state index is 0.300. The van der Waals surface area contributed by atoms with Crippen LogP contribution < -0.4 is 5.32 Å². The molecule has 0 unspecified atom stereocenters. The molecule has 4 nitrogen and oxygen atoms in total. The number of hydrogen-bond donors (Lipinski definition) is 1. The number of benzene rings is 2. The molecule has 5 heteroatoms. The van der Waals surface area contributed by atoms with E-state index in [0.717, 1.165) is 56.0 Å². The molecule has 146 valence electrons. The summed E-state index contributed by atoms with van der Waals surface area (Å²) in [7, 11) is 0. The van der Waals surface area contributed by atoms with Crippen molar-refractivity contribution in [2.45, 2.75) is 25.9 Å². The Kier molecular flexibility index (Phi) is 6.09. The van der Waals surface area contributed by atoms with Gasteiger partial charge in [0, 0.05) is 31.7 Å². The first-order valence-electron chi connectivity index (χ1n) is 9.90. The van der Waals surface area contributed by atoms with Crippen LogP contribution >= 0.6 is 11.6 Å². The molecule has 2 heterocycles. The van der Waals surface area contributed by atoms with Crippen molar-refractivity contribution in [1.82, 2.24) is 9.88 Å². The molecule has 0 amide bonds. The normalized spacial score (nSPS) is 13.5. The van der Waals surface area contributed by atoms with E-state index in [0.29, 0.717) is 10.7 Å². The van der Waals surface area contributed by atoms with Gasteiger partial charge >= 0.3 is 0 Å². The van der Waals surface area contributed by atoms with Gasteiger partial charge < -0.3 is 5.32 Å². The number of rotatable bonds is 6. The average molecular weight is 403 g/mol. The first kappa shape index (κ1) is 19.4. The molecule has 0 aliphatic carbocycles. The molecular weight excluding hydrogens is 380 g/mol. The summed E-state index contributed by atoms with van der Waals surface area (Å²) in [5.41, 5.74) is 5.03. The predicted molar refractivity (Wildman–Crippen MR) is 117 cm³/mol. The van der Waals surface area contributed by atoms with E-state index in [-0.39, 0.29) is 0 Å². The first-order chi connectivity index (χ1) is 14.2. The highest BCUT2D eigenvalue weighted by atomic mass is 35.5. The Bertz CT molecular complexity index is 1010. The molecule has 1 aromatic heterocycles. The summed E-state index contributed by atoms with van der Waals surface area (Å²) >= 11 is 6.56. The molecule has 0 fully saturated rings. The van der Waals surface area contributed by atoms with Crippen LogP contribution in [0.3, 0.4) is 0 Å². The Labute approximate surface area is 176 Å². The van der Waals surface area contributed by atoms with E-state index in [4.69, 9.17) is 11.6 Å². The lowest BCUT2D eigenvalue weighted by atomic mass is 9.99. The summed E-state index contributed by atoms with van der Waals surface area (Å²) < 4.78 is 0. The van der Waals surface area contributed by atoms with E-state index in [9.17, 15) is 5.26 Å². The zero-order valence-corrected chi connectivity index (χ0v) is 17.0. The molecule has 0 spiro atoms. The lowest BCUT2D eigenvalue weighted by molar-refractivity contribution is 0.245. The maximum absolute atomic E-state index is 9.51. The van der Waals surface area contributed by atoms with Crippen molar-refractivity contribution in [1.29, 1.82) is 5.26 Å². The quantitative estimate of drug-likeness (QED) is 0.642. The van der Waals surface area contributed by atoms with Crippen LogP contribution in [-0.4, -0.2) is 23.0 Å². The second kappa shape index (κ2) is 9.09. The zero-order chi connectivity index (χ0) is 20.1. The van der Waals surface area contributed by atoms with Gasteiger partial charge in [-0.1, -0.05) is 72.3 Å². The summed E-state index contributed by atoms with van der Waals surface area (Å²) in [4.78, 5) is 6.90. The van der Waals surface area contributed by atoms with Crippen molar-refractivity contribution < 1.29 is 0 Å². The van der Waals surface area contributed by atoms with E-state index in [2.05, 4.69) is 57.7 Å². The number of anilines is 1. The van der Waals surface area contributed by atoms with Crippen LogP contribution in [-0.2, 0) is 25.9 Å². The van der Waals surface area contributed by atoms with Crippen LogP contribution in [0.15, 0.2) is 60.7 Å². The molecule has 3 aromatic rings. The largest absolute Gasteiger partial charge is 0.369 e. The maximum atomic E-state index is 9.51. The molecule has 1 N–H and O–H groups in total. The topological polar surface area (TPSA) is 52.0 Å². The van der Waals surface area contributed by atoms with E-state index < -0.39 is 0 Å². The van der Waals surface area contributed by atoms with Gasteiger partial charge in [-0.05, 0) is 29.5 Å². The van der Waals surface area contributed by atoms with Crippen molar-refractivity contribution in [2.24, 2.45) is 0 Å². The molecule has 0 atom stereocenters. The summed E-state index contributed by atoms with van der Waals surface area (Å²) in [5.74, 6) is 0.802. The fourth-order valence-corrected chi connectivity index (χ4v) is 4.08. The van der Waals surface area contributed by atoms with Crippen LogP contribution in [0.2, 0.25) is 5.02 Å². The van der Waals surface area contributed by atoms with Crippen LogP contribution in [0.1, 0.15) is 27.9 Å². The first-order valence-corrected chi connectivity index (χ1v) is 10.3. The van der Waals surface area contributed by atoms with Crippen molar-refractivity contribution in [3.8, 4) is 6.07 Å². The van der Waals surface area contributed by atoms with Gasteiger partial charge in [0.05, 0.1) is 5.02 Å². The predicted octanol–water partition coefficient (Wildman–Crippen LogP) is 4.82. The van der Waals surface area contributed by atoms with Gasteiger partial charge in [-0.25, -0.2) is 4.98 Å². The molecule has 0 saturated carbocycles. The Morgan fingerprint density at radius 1 is 1.00 bits per heavy atom. The monoisotopic (exact) mass is 402 g/mol. The van der Waals surface area contributed by atoms with E-state index in [1.54, 1.807) is 0 Å². The molecule has 0 radical (unpaired) electrons. The van der Waals surface area contributed by atoms with Gasteiger partial charge in [0.25, 0.3) is 0 Å². The molecule has 0 bridgehead atoms. The Morgan fingerprint density at radius 3 is 2.38 bits per heavy atom. The van der Waals surface area contributed by atoms with Gasteiger partial charge in [0.2, 0.25) is 0 Å². The second-order valence-electron chi connectivity index (χ2n) is 7.30. The number of nitrogens with one attached hydrogen (secondary N) is 1. The third-order valence-corrected chi connectivity index (χ3v) is 5.72. The van der Waals surface area contributed by atoms with Gasteiger partial charge in [-0.2, -0.15) is 5.26 Å². The number of aromatic nitrogens is 1. The van der Waals surface area contributed by atoms with E-state index in [1.165, 1.54) is 11.1 Å². The number of nitriles is 1. The smallest absolute Gasteiger partial charge is 0.161 e. The number of nitrogens with zero attached hydrogens (tertiary/aromatic N) is 3. The molecule has 0 saturated heterocycles. The Balaban J connectivity index is 1.52. The Morgan fingerprint density at radius 2 is 1.69 bits per heavy atom. The van der Waals surface area contributed by atoms with Crippen LogP contribution in [0, 0.1) is 11.3 Å². The highest BCUT2D eigenvalue weighted by Crippen LogP contribution is 2.33. The van der Waals surface area contributed by atoms with Crippen molar-refractivity contribution >= 4 is 17.4 Å². The van der Waals surface area contributed by atoms with Crippen LogP contribution in [0.25, 0.3) is 0 Å². The maximum Gasteiger partial charge on any atom is 0.161 e. The van der Waals surface area contributed by atoms with Crippen molar-refractivity contribution in [3.05, 3.63) is 93.6 Å². The minimum Gasteiger partial charge on any atom is -0.369 e. The number of pyridine rings is 1. The number of fused-ring (bicyclic) bond motifs is 1. The number of halogens is 1. The molecule has 1 aliphatic heterocycles. The molecule has 2 aromatic carbocycles. The van der Waals surface area contributed by atoms with Gasteiger partial charge in [-0.3, -0.25) is 4.90 Å². The van der Waals surface area contributed by atoms with Crippen LogP contribution in [0.5, 0.6) is 0 Å². The highest BCUT2D eigenvalue weighted by molar-refractivity contribution is 6.32. The summed E-state index contributed by atoms with van der Waals surface area (Å²) in [5, 5.41) is 13.5.